The van der Waals surface area contributed by atoms with Gasteiger partial charge in [-0.2, -0.15) is 0 Å². The van der Waals surface area contributed by atoms with E-state index in [-0.39, 0.29) is 6.42 Å². The van der Waals surface area contributed by atoms with E-state index in [2.05, 4.69) is 0 Å². The van der Waals surface area contributed by atoms with Crippen molar-refractivity contribution in [2.24, 2.45) is 0 Å². The minimum absolute atomic E-state index is 0.0405. The molecule has 0 aromatic heterocycles. The highest BCUT2D eigenvalue weighted by Crippen LogP contribution is 2.14. The van der Waals surface area contributed by atoms with Crippen LogP contribution in [0.5, 0.6) is 5.75 Å². The first kappa shape index (κ1) is 11.3. The number of carboxylic acids is 1. The smallest absolute Gasteiger partial charge is 0.307 e. The maximum Gasteiger partial charge on any atom is 0.307 e. The molecule has 0 bridgehead atoms. The average Bonchev–Trinajstić information content (AvgIpc) is 2.18. The topological polar surface area (TPSA) is 46.5 Å². The fourth-order valence-corrected chi connectivity index (χ4v) is 1.17. The average molecular weight is 206 g/mol. The van der Waals surface area contributed by atoms with E-state index in [4.69, 9.17) is 9.84 Å². The molecule has 0 spiro atoms. The van der Waals surface area contributed by atoms with Crippen molar-refractivity contribution in [2.45, 2.75) is 13.3 Å². The Morgan fingerprint density at radius 2 is 2.33 bits per heavy atom. The summed E-state index contributed by atoms with van der Waals surface area (Å²) in [6, 6.07) is 7.53. The van der Waals surface area contributed by atoms with Crippen LogP contribution in [0.25, 0.3) is 6.08 Å². The Balaban J connectivity index is 2.64. The van der Waals surface area contributed by atoms with Crippen molar-refractivity contribution in [3.8, 4) is 5.75 Å². The molecule has 1 aromatic carbocycles. The molecule has 0 radical (unpaired) electrons. The van der Waals surface area contributed by atoms with E-state index in [0.717, 1.165) is 11.3 Å². The number of carboxylic acid groups (broad SMARTS) is 1. The molecule has 0 amide bonds. The number of aliphatic carboxylic acids is 1. The van der Waals surface area contributed by atoms with Crippen LogP contribution in [-0.2, 0) is 4.79 Å². The van der Waals surface area contributed by atoms with Crippen molar-refractivity contribution < 1.29 is 14.6 Å². The Morgan fingerprint density at radius 3 is 3.00 bits per heavy atom. The second-order valence-corrected chi connectivity index (χ2v) is 3.01. The normalized spacial score (nSPS) is 10.5. The van der Waals surface area contributed by atoms with Gasteiger partial charge in [-0.15, -0.1) is 0 Å². The Kier molecular flexibility index (Phi) is 4.41. The van der Waals surface area contributed by atoms with Crippen molar-refractivity contribution >= 4 is 12.0 Å². The van der Waals surface area contributed by atoms with E-state index in [9.17, 15) is 4.79 Å². The van der Waals surface area contributed by atoms with Crippen LogP contribution in [0.4, 0.5) is 0 Å². The highest BCUT2D eigenvalue weighted by molar-refractivity contribution is 5.70. The van der Waals surface area contributed by atoms with Gasteiger partial charge in [-0.25, -0.2) is 0 Å². The minimum Gasteiger partial charge on any atom is -0.494 e. The second kappa shape index (κ2) is 5.86. The predicted octanol–water partition coefficient (Wildman–Crippen LogP) is 2.57. The quantitative estimate of drug-likeness (QED) is 0.805. The van der Waals surface area contributed by atoms with Gasteiger partial charge in [0.25, 0.3) is 0 Å². The lowest BCUT2D eigenvalue weighted by molar-refractivity contribution is -0.135. The lowest BCUT2D eigenvalue weighted by atomic mass is 10.2. The van der Waals surface area contributed by atoms with Crippen LogP contribution in [0.3, 0.4) is 0 Å². The zero-order valence-corrected chi connectivity index (χ0v) is 8.64. The summed E-state index contributed by atoms with van der Waals surface area (Å²) in [6.07, 6.45) is 3.43. The van der Waals surface area contributed by atoms with Crippen LogP contribution in [0, 0.1) is 0 Å². The largest absolute Gasteiger partial charge is 0.494 e. The van der Waals surface area contributed by atoms with Crippen LogP contribution in [-0.4, -0.2) is 17.7 Å². The summed E-state index contributed by atoms with van der Waals surface area (Å²) < 4.78 is 5.32. The van der Waals surface area contributed by atoms with Crippen LogP contribution in [0.15, 0.2) is 30.3 Å². The van der Waals surface area contributed by atoms with Gasteiger partial charge in [0.2, 0.25) is 0 Å². The molecule has 1 rings (SSSR count). The molecule has 15 heavy (non-hydrogen) atoms. The van der Waals surface area contributed by atoms with E-state index in [0.29, 0.717) is 6.61 Å². The first-order valence-electron chi connectivity index (χ1n) is 4.83. The molecular formula is C12H14O3. The van der Waals surface area contributed by atoms with Gasteiger partial charge in [-0.1, -0.05) is 24.3 Å². The first-order valence-corrected chi connectivity index (χ1v) is 4.83. The van der Waals surface area contributed by atoms with Gasteiger partial charge in [0.1, 0.15) is 5.75 Å². The van der Waals surface area contributed by atoms with Gasteiger partial charge in [0.05, 0.1) is 13.0 Å². The number of carbonyl (C=O) groups is 1. The summed E-state index contributed by atoms with van der Waals surface area (Å²) in [4.78, 5) is 10.3. The van der Waals surface area contributed by atoms with Gasteiger partial charge < -0.3 is 9.84 Å². The Bertz CT molecular complexity index is 356. The zero-order chi connectivity index (χ0) is 11.1. The van der Waals surface area contributed by atoms with E-state index < -0.39 is 5.97 Å². The highest BCUT2D eigenvalue weighted by atomic mass is 16.5. The molecule has 1 aromatic rings. The molecule has 1 N–H and O–H groups in total. The highest BCUT2D eigenvalue weighted by Gasteiger charge is 1.93. The molecule has 0 unspecified atom stereocenters. The summed E-state index contributed by atoms with van der Waals surface area (Å²) in [5, 5.41) is 8.45. The molecule has 3 nitrogen and oxygen atoms in total. The summed E-state index contributed by atoms with van der Waals surface area (Å²) >= 11 is 0. The third-order valence-corrected chi connectivity index (χ3v) is 1.77. The lowest BCUT2D eigenvalue weighted by Crippen LogP contribution is -1.91. The maximum atomic E-state index is 10.3. The molecule has 3 heteroatoms. The van der Waals surface area contributed by atoms with Crippen LogP contribution >= 0.6 is 0 Å². The minimum atomic E-state index is -0.827. The van der Waals surface area contributed by atoms with Crippen LogP contribution < -0.4 is 4.74 Å². The van der Waals surface area contributed by atoms with E-state index >= 15 is 0 Å². The monoisotopic (exact) mass is 206 g/mol. The fourth-order valence-electron chi connectivity index (χ4n) is 1.17. The van der Waals surface area contributed by atoms with Gasteiger partial charge >= 0.3 is 5.97 Å². The van der Waals surface area contributed by atoms with Gasteiger partial charge in [0.15, 0.2) is 0 Å². The standard InChI is InChI=1S/C12H14O3/c1-2-15-11-7-3-5-10(9-11)6-4-8-12(13)14/h3-7,9H,2,8H2,1H3,(H,13,14). The number of ether oxygens (including phenoxy) is 1. The molecule has 0 aliphatic rings. The molecule has 0 aliphatic heterocycles. The summed E-state index contributed by atoms with van der Waals surface area (Å²) in [7, 11) is 0. The second-order valence-electron chi connectivity index (χ2n) is 3.01. The number of hydrogen-bond acceptors (Lipinski definition) is 2. The Hall–Kier alpha value is -1.77. The summed E-state index contributed by atoms with van der Waals surface area (Å²) in [5.74, 6) is -0.0258. The van der Waals surface area contributed by atoms with Gasteiger partial charge in [-0.05, 0) is 24.6 Å². The summed E-state index contributed by atoms with van der Waals surface area (Å²) in [5.41, 5.74) is 0.946. The number of rotatable bonds is 5. The maximum absolute atomic E-state index is 10.3. The van der Waals surface area contributed by atoms with Crippen molar-refractivity contribution in [2.75, 3.05) is 6.61 Å². The molecule has 0 saturated heterocycles. The molecule has 0 atom stereocenters. The number of hydrogen-bond donors (Lipinski definition) is 1. The first-order chi connectivity index (χ1) is 7.22. The van der Waals surface area contributed by atoms with Gasteiger partial charge in [-0.3, -0.25) is 4.79 Å². The van der Waals surface area contributed by atoms with Crippen LogP contribution in [0.1, 0.15) is 18.9 Å². The summed E-state index contributed by atoms with van der Waals surface area (Å²) in [6.45, 7) is 2.55. The van der Waals surface area contributed by atoms with Crippen LogP contribution in [0.2, 0.25) is 0 Å². The van der Waals surface area contributed by atoms with Crippen molar-refractivity contribution in [1.29, 1.82) is 0 Å². The SMILES string of the molecule is CCOc1cccc(C=CCC(=O)O)c1. The zero-order valence-electron chi connectivity index (χ0n) is 8.64. The predicted molar refractivity (Wildman–Crippen MR) is 58.9 cm³/mol. The molecule has 0 saturated carbocycles. The Labute approximate surface area is 89.0 Å². The lowest BCUT2D eigenvalue weighted by Gasteiger charge is -2.02. The molecule has 0 heterocycles. The Morgan fingerprint density at radius 1 is 1.53 bits per heavy atom. The third-order valence-electron chi connectivity index (χ3n) is 1.77. The van der Waals surface area contributed by atoms with Crippen molar-refractivity contribution in [1.82, 2.24) is 0 Å². The molecule has 0 fully saturated rings. The van der Waals surface area contributed by atoms with Crippen molar-refractivity contribution in [3.05, 3.63) is 35.9 Å². The van der Waals surface area contributed by atoms with Crippen molar-refractivity contribution in [3.63, 3.8) is 0 Å². The van der Waals surface area contributed by atoms with E-state index in [1.165, 1.54) is 0 Å². The van der Waals surface area contributed by atoms with E-state index in [1.54, 1.807) is 12.2 Å². The van der Waals surface area contributed by atoms with Gasteiger partial charge in [0, 0.05) is 0 Å². The molecule has 80 valence electrons. The third kappa shape index (κ3) is 4.31. The fraction of sp³-hybridized carbons (Fsp3) is 0.250. The van der Waals surface area contributed by atoms with E-state index in [1.807, 2.05) is 31.2 Å². The molecule has 0 aliphatic carbocycles. The molecular weight excluding hydrogens is 192 g/mol. The number of benzene rings is 1.